The molecule has 100 heavy (non-hydrogen) atoms. The van der Waals surface area contributed by atoms with Gasteiger partial charge in [0, 0.05) is 133 Å². The number of Topliss-reactive ketones (excluding diaryl/α,β-unsaturated/α-hetero) is 2. The number of aryl methyl sites for hydroxylation is 1. The Morgan fingerprint density at radius 1 is 0.510 bits per heavy atom. The van der Waals surface area contributed by atoms with Gasteiger partial charge in [-0.2, -0.15) is 34.1 Å². The molecule has 3 aliphatic rings. The number of benzene rings is 3. The van der Waals surface area contributed by atoms with Crippen molar-refractivity contribution in [2.45, 2.75) is 6.92 Å². The second-order valence-electron chi connectivity index (χ2n) is 24.1. The quantitative estimate of drug-likeness (QED) is 0.0914. The van der Waals surface area contributed by atoms with Crippen LogP contribution in [0.2, 0.25) is 0 Å². The fourth-order valence-electron chi connectivity index (χ4n) is 11.8. The summed E-state index contributed by atoms with van der Waals surface area (Å²) in [7, 11) is 13.1. The first kappa shape index (κ1) is 66.1. The zero-order valence-corrected chi connectivity index (χ0v) is 56.3. The number of halogens is 1. The molecule has 3 N–H and O–H groups in total. The molecule has 3 aromatic carbocycles. The van der Waals surface area contributed by atoms with Crippen LogP contribution in [0.1, 0.15) is 26.5 Å². The minimum atomic E-state index is -0.800. The summed E-state index contributed by atoms with van der Waals surface area (Å²) in [4.78, 5) is 101. The number of fused-ring (bicyclic) bond motifs is 2. The third kappa shape index (κ3) is 13.4. The molecular formula is C66H73FN28O5. The number of hydrogen-bond donors (Lipinski definition) is 3. The summed E-state index contributed by atoms with van der Waals surface area (Å²) in [5, 5.41) is 29.9. The molecule has 12 heterocycles. The average Bonchev–Trinajstić information content (AvgIpc) is 1.60. The van der Waals surface area contributed by atoms with Crippen LogP contribution in [-0.2, 0) is 9.59 Å². The number of nitrogens with zero attached hydrogens (tertiary/aromatic N) is 25. The molecule has 34 heteroatoms. The second kappa shape index (κ2) is 28.7. The molecule has 33 nitrogen and oxygen atoms in total. The van der Waals surface area contributed by atoms with Crippen LogP contribution in [0.15, 0.2) is 135 Å². The number of piperazine rings is 3. The van der Waals surface area contributed by atoms with Crippen LogP contribution in [0.25, 0.3) is 50.5 Å². The van der Waals surface area contributed by atoms with E-state index in [9.17, 15) is 23.6 Å². The summed E-state index contributed by atoms with van der Waals surface area (Å²) >= 11 is 0. The number of para-hydroxylation sites is 3. The molecular weight excluding hydrogens is 1280 g/mol. The highest BCUT2D eigenvalue weighted by Gasteiger charge is 2.34. The average molecular weight is 1360 g/mol. The number of aromatic nitrogens is 19. The normalized spacial score (nSPS) is 14.0. The molecule has 3 fully saturated rings. The van der Waals surface area contributed by atoms with E-state index in [-0.39, 0.29) is 27.8 Å². The number of rotatable bonds is 16. The lowest BCUT2D eigenvalue weighted by Gasteiger charge is -2.33. The molecule has 9 aromatic heterocycles. The Kier molecular flexibility index (Phi) is 19.0. The Morgan fingerprint density at radius 2 is 0.930 bits per heavy atom. The van der Waals surface area contributed by atoms with Gasteiger partial charge < -0.3 is 59.2 Å². The SMILES string of the molecule is CN(C)c1nc(N2CCN(C(=O)C(=O)c3c[nH]c4c(-n5ccnn5)ncc(F)c34)CC2)nn1-c1ccccc1.CN(C)c1nc(N2CCNCC2)nn1-c1ccccc1.COc1cnc(-n2cnc(C)n2)c2[nH]cc(C(=O)C(=O)N3CCN(c4nc(N(C)C)n(-c5ccccc5)n4)CC3)c12. The fraction of sp³-hybridized carbons (Fsp3) is 0.303. The van der Waals surface area contributed by atoms with Crippen LogP contribution in [0.4, 0.5) is 40.1 Å². The van der Waals surface area contributed by atoms with Crippen molar-refractivity contribution in [1.82, 2.24) is 109 Å². The summed E-state index contributed by atoms with van der Waals surface area (Å²) in [5.41, 5.74) is 3.74. The van der Waals surface area contributed by atoms with Gasteiger partial charge in [-0.1, -0.05) is 59.8 Å². The van der Waals surface area contributed by atoms with Crippen molar-refractivity contribution in [1.29, 1.82) is 0 Å². The van der Waals surface area contributed by atoms with Crippen molar-refractivity contribution >= 4 is 80.9 Å². The molecule has 0 saturated carbocycles. The number of pyridine rings is 2. The highest BCUT2D eigenvalue weighted by Crippen LogP contribution is 2.33. The summed E-state index contributed by atoms with van der Waals surface area (Å²) in [6.45, 7) is 8.77. The lowest BCUT2D eigenvalue weighted by molar-refractivity contribution is -0.127. The molecule has 15 rings (SSSR count). The molecule has 0 unspecified atom stereocenters. The van der Waals surface area contributed by atoms with E-state index in [1.807, 2.05) is 162 Å². The summed E-state index contributed by atoms with van der Waals surface area (Å²) in [6, 6.07) is 29.6. The molecule has 3 aliphatic heterocycles. The van der Waals surface area contributed by atoms with E-state index in [0.717, 1.165) is 61.3 Å². The number of nitrogens with one attached hydrogen (secondary N) is 3. The maximum atomic E-state index is 14.8. The van der Waals surface area contributed by atoms with Gasteiger partial charge in [-0.25, -0.2) is 28.7 Å². The number of hydrogen-bond acceptors (Lipinski definition) is 24. The van der Waals surface area contributed by atoms with Crippen LogP contribution in [0.5, 0.6) is 5.75 Å². The molecule has 0 aliphatic carbocycles. The number of carbonyl (C=O) groups is 4. The minimum Gasteiger partial charge on any atom is -0.494 e. The molecule has 514 valence electrons. The van der Waals surface area contributed by atoms with Crippen molar-refractivity contribution in [3.63, 3.8) is 0 Å². The van der Waals surface area contributed by atoms with E-state index in [0.29, 0.717) is 104 Å². The van der Waals surface area contributed by atoms with Crippen molar-refractivity contribution in [2.24, 2.45) is 0 Å². The minimum absolute atomic E-state index is 0.0145. The first-order valence-corrected chi connectivity index (χ1v) is 32.2. The highest BCUT2D eigenvalue weighted by molar-refractivity contribution is 6.45. The predicted molar refractivity (Wildman–Crippen MR) is 372 cm³/mol. The number of amides is 2. The van der Waals surface area contributed by atoms with Gasteiger partial charge in [0.05, 0.1) is 81.9 Å². The lowest BCUT2D eigenvalue weighted by Crippen LogP contribution is -2.51. The maximum absolute atomic E-state index is 14.8. The van der Waals surface area contributed by atoms with E-state index in [4.69, 9.17) is 24.9 Å². The van der Waals surface area contributed by atoms with Crippen molar-refractivity contribution < 1.29 is 28.3 Å². The van der Waals surface area contributed by atoms with E-state index < -0.39 is 29.2 Å². The summed E-state index contributed by atoms with van der Waals surface area (Å²) in [6.07, 6.45) is 9.89. The van der Waals surface area contributed by atoms with Crippen LogP contribution in [-0.4, -0.2) is 255 Å². The van der Waals surface area contributed by atoms with Gasteiger partial charge in [0.1, 0.15) is 17.9 Å². The van der Waals surface area contributed by atoms with Crippen molar-refractivity contribution in [3.05, 3.63) is 157 Å². The van der Waals surface area contributed by atoms with Gasteiger partial charge in [0.2, 0.25) is 35.7 Å². The Morgan fingerprint density at radius 3 is 1.34 bits per heavy atom. The standard InChI is InChI=1S/C27H29N11O3.C25H24FN11O2.C14H20N6/c1-17-30-16-37(32-17)24-22-21(20(41-4)15-29-24)19(14-28-22)23(39)25(40)35-10-12-36(13-11-35)26-31-27(34(2)3)38(33-26)18-8-6-5-7-9-18;1-33(2)25-30-24(31-37(25)16-6-4-3-5-7-16)35-12-10-34(11-13-35)23(39)21(38)17-14-27-20-19(17)18(26)15-28-22(20)36-9-8-29-32-36;1-18(2)14-16-13(19-10-8-15-9-11-19)17-20(14)12-6-4-3-5-7-12/h5-9,14-16,28H,10-13H2,1-4H3;3-9,14-15,27H,10-13H2,1-2H3;3-7,15H,8-11H2,1-2H3. The van der Waals surface area contributed by atoms with Gasteiger partial charge in [-0.05, 0) is 43.3 Å². The van der Waals surface area contributed by atoms with Gasteiger partial charge >= 0.3 is 0 Å². The number of H-pyrrole nitrogens is 2. The summed E-state index contributed by atoms with van der Waals surface area (Å²) in [5.74, 6) is 2.36. The zero-order chi connectivity index (χ0) is 69.7. The predicted octanol–water partition coefficient (Wildman–Crippen LogP) is 3.84. The van der Waals surface area contributed by atoms with Gasteiger partial charge in [0.15, 0.2) is 17.5 Å². The molecule has 12 aromatic rings. The second-order valence-corrected chi connectivity index (χ2v) is 24.1. The highest BCUT2D eigenvalue weighted by atomic mass is 19.1. The van der Waals surface area contributed by atoms with E-state index >= 15 is 0 Å². The maximum Gasteiger partial charge on any atom is 0.295 e. The lowest BCUT2D eigenvalue weighted by atomic mass is 10.1. The third-order valence-corrected chi connectivity index (χ3v) is 16.9. The van der Waals surface area contributed by atoms with Crippen LogP contribution in [0.3, 0.4) is 0 Å². The zero-order valence-electron chi connectivity index (χ0n) is 56.3. The molecule has 0 spiro atoms. The van der Waals surface area contributed by atoms with Gasteiger partial charge in [-0.15, -0.1) is 20.4 Å². The first-order chi connectivity index (χ1) is 48.5. The number of aromatic amines is 2. The fourth-order valence-corrected chi connectivity index (χ4v) is 11.8. The Hall–Kier alpha value is -12.5. The van der Waals surface area contributed by atoms with E-state index in [2.05, 4.69) is 60.6 Å². The largest absolute Gasteiger partial charge is 0.494 e. The summed E-state index contributed by atoms with van der Waals surface area (Å²) < 4.78 is 28.6. The third-order valence-electron chi connectivity index (χ3n) is 16.9. The Bertz CT molecular complexity index is 4850. The van der Waals surface area contributed by atoms with Crippen LogP contribution < -0.4 is 39.5 Å². The van der Waals surface area contributed by atoms with Crippen LogP contribution >= 0.6 is 0 Å². The van der Waals surface area contributed by atoms with Crippen molar-refractivity contribution in [2.75, 3.05) is 157 Å². The first-order valence-electron chi connectivity index (χ1n) is 32.2. The monoisotopic (exact) mass is 1360 g/mol. The van der Waals surface area contributed by atoms with E-state index in [1.165, 1.54) is 52.5 Å². The molecule has 2 amide bonds. The number of ketones is 2. The Labute approximate surface area is 572 Å². The molecule has 0 radical (unpaired) electrons. The topological polar surface area (TPSA) is 326 Å². The van der Waals surface area contributed by atoms with E-state index in [1.54, 1.807) is 27.4 Å². The number of anilines is 6. The van der Waals surface area contributed by atoms with Crippen molar-refractivity contribution in [3.8, 4) is 34.4 Å². The molecule has 3 saturated heterocycles. The van der Waals surface area contributed by atoms with Crippen LogP contribution in [0, 0.1) is 12.7 Å². The number of carbonyl (C=O) groups excluding carboxylic acids is 4. The number of ether oxygens (including phenoxy) is 1. The Balaban J connectivity index is 0.000000142. The van der Waals surface area contributed by atoms with Gasteiger partial charge in [-0.3, -0.25) is 19.2 Å². The smallest absolute Gasteiger partial charge is 0.295 e. The van der Waals surface area contributed by atoms with Gasteiger partial charge in [0.25, 0.3) is 23.4 Å². The molecule has 0 atom stereocenters. The number of methoxy groups -OCH3 is 1. The molecule has 0 bridgehead atoms.